The summed E-state index contributed by atoms with van der Waals surface area (Å²) in [6, 6.07) is 0. The van der Waals surface area contributed by atoms with Crippen LogP contribution in [0.1, 0.15) is 44.9 Å². The van der Waals surface area contributed by atoms with Crippen molar-refractivity contribution in [1.82, 2.24) is 10.2 Å². The smallest absolute Gasteiger partial charge is 0.350 e. The molecule has 1 N–H and O–H groups in total. The van der Waals surface area contributed by atoms with Gasteiger partial charge in [-0.05, 0) is 56.3 Å². The zero-order chi connectivity index (χ0) is 17.1. The number of likely N-dealkylation sites (tertiary alicyclic amines) is 1. The lowest BCUT2D eigenvalue weighted by molar-refractivity contribution is -0.157. The van der Waals surface area contributed by atoms with Crippen LogP contribution in [0, 0.1) is 23.7 Å². The van der Waals surface area contributed by atoms with E-state index in [1.165, 1.54) is 19.3 Å². The van der Waals surface area contributed by atoms with E-state index in [1.54, 1.807) is 0 Å². The number of carbonyl (C=O) groups excluding carboxylic acids is 2. The number of halogens is 3. The van der Waals surface area contributed by atoms with Crippen molar-refractivity contribution in [2.75, 3.05) is 13.1 Å². The Bertz CT molecular complexity index is 525. The molecular weight excluding hydrogens is 321 g/mol. The van der Waals surface area contributed by atoms with Gasteiger partial charge in [0.15, 0.2) is 0 Å². The van der Waals surface area contributed by atoms with E-state index in [1.807, 2.05) is 0 Å². The molecule has 1 atom stereocenters. The number of rotatable bonds is 3. The third-order valence-corrected chi connectivity index (χ3v) is 6.38. The zero-order valence-electron chi connectivity index (χ0n) is 13.6. The Hall–Kier alpha value is -1.27. The molecule has 4 nitrogen and oxygen atoms in total. The Kier molecular flexibility index (Phi) is 3.62. The van der Waals surface area contributed by atoms with Gasteiger partial charge in [-0.1, -0.05) is 0 Å². The largest absolute Gasteiger partial charge is 0.406 e. The van der Waals surface area contributed by atoms with E-state index in [-0.39, 0.29) is 24.4 Å². The number of amides is 2. The van der Waals surface area contributed by atoms with Gasteiger partial charge in [-0.3, -0.25) is 9.59 Å². The summed E-state index contributed by atoms with van der Waals surface area (Å²) >= 11 is 0. The molecule has 24 heavy (non-hydrogen) atoms. The number of nitrogens with one attached hydrogen (secondary N) is 1. The van der Waals surface area contributed by atoms with Gasteiger partial charge in [0.25, 0.3) is 0 Å². The summed E-state index contributed by atoms with van der Waals surface area (Å²) < 4.78 is 37.5. The maximum atomic E-state index is 12.6. The quantitative estimate of drug-likeness (QED) is 0.855. The molecule has 5 aliphatic rings. The average Bonchev–Trinajstić information content (AvgIpc) is 2.76. The van der Waals surface area contributed by atoms with Gasteiger partial charge >= 0.3 is 6.18 Å². The molecule has 0 spiro atoms. The molecule has 7 heteroatoms. The molecule has 2 amide bonds. The molecule has 4 saturated carbocycles. The molecule has 1 heterocycles. The Labute approximate surface area is 139 Å². The van der Waals surface area contributed by atoms with E-state index in [0.717, 1.165) is 24.2 Å². The third-order valence-electron chi connectivity index (χ3n) is 6.38. The number of carbonyl (C=O) groups is 2. The SMILES string of the molecule is O=C(NC12CC3CC(CC(C3)C1)C2)[C@H]1CC(=O)N(CC(F)(F)F)C1. The highest BCUT2D eigenvalue weighted by atomic mass is 19.4. The maximum Gasteiger partial charge on any atom is 0.406 e. The zero-order valence-corrected chi connectivity index (χ0v) is 13.6. The molecule has 0 aromatic rings. The van der Waals surface area contributed by atoms with E-state index in [9.17, 15) is 22.8 Å². The molecule has 0 radical (unpaired) electrons. The first kappa shape index (κ1) is 16.2. The standard InChI is InChI=1S/C17H23F3N2O2/c18-17(19,20)9-22-8-13(4-14(22)23)15(24)21-16-5-10-1-11(6-16)3-12(2-10)7-16/h10-13H,1-9H2,(H,21,24)/t10?,11?,12?,13-,16?/m0/s1. The van der Waals surface area contributed by atoms with Crippen molar-refractivity contribution in [3.8, 4) is 0 Å². The van der Waals surface area contributed by atoms with Crippen LogP contribution in [0.2, 0.25) is 0 Å². The summed E-state index contributed by atoms with van der Waals surface area (Å²) in [5, 5.41) is 3.17. The second kappa shape index (κ2) is 5.36. The highest BCUT2D eigenvalue weighted by Gasteiger charge is 2.52. The van der Waals surface area contributed by atoms with Crippen LogP contribution in [0.4, 0.5) is 13.2 Å². The van der Waals surface area contributed by atoms with Gasteiger partial charge in [0.05, 0.1) is 5.92 Å². The maximum absolute atomic E-state index is 12.6. The van der Waals surface area contributed by atoms with Gasteiger partial charge in [-0.15, -0.1) is 0 Å². The first-order valence-corrected chi connectivity index (χ1v) is 8.88. The fraction of sp³-hybridized carbons (Fsp3) is 0.882. The number of hydrogen-bond donors (Lipinski definition) is 1. The third kappa shape index (κ3) is 3.02. The van der Waals surface area contributed by atoms with E-state index in [2.05, 4.69) is 5.32 Å². The van der Waals surface area contributed by atoms with Crippen LogP contribution in [-0.2, 0) is 9.59 Å². The van der Waals surface area contributed by atoms with Gasteiger partial charge in [-0.25, -0.2) is 0 Å². The first-order chi connectivity index (χ1) is 11.2. The molecule has 134 valence electrons. The van der Waals surface area contributed by atoms with Crippen molar-refractivity contribution in [3.05, 3.63) is 0 Å². The first-order valence-electron chi connectivity index (χ1n) is 8.88. The van der Waals surface area contributed by atoms with Crippen molar-refractivity contribution in [2.45, 2.75) is 56.7 Å². The van der Waals surface area contributed by atoms with Crippen LogP contribution < -0.4 is 5.32 Å². The molecular formula is C17H23F3N2O2. The molecule has 0 aromatic carbocycles. The lowest BCUT2D eigenvalue weighted by Crippen LogP contribution is -2.60. The monoisotopic (exact) mass is 344 g/mol. The van der Waals surface area contributed by atoms with Gasteiger partial charge in [0, 0.05) is 18.5 Å². The Morgan fingerprint density at radius 2 is 1.67 bits per heavy atom. The molecule has 5 fully saturated rings. The number of alkyl halides is 3. The van der Waals surface area contributed by atoms with Crippen molar-refractivity contribution < 1.29 is 22.8 Å². The summed E-state index contributed by atoms with van der Waals surface area (Å²) in [4.78, 5) is 25.2. The predicted molar refractivity (Wildman–Crippen MR) is 79.8 cm³/mol. The van der Waals surface area contributed by atoms with Crippen molar-refractivity contribution in [2.24, 2.45) is 23.7 Å². The van der Waals surface area contributed by atoms with Crippen LogP contribution in [0.25, 0.3) is 0 Å². The van der Waals surface area contributed by atoms with Crippen LogP contribution in [0.3, 0.4) is 0 Å². The van der Waals surface area contributed by atoms with Crippen molar-refractivity contribution in [1.29, 1.82) is 0 Å². The average molecular weight is 344 g/mol. The molecule has 4 aliphatic carbocycles. The van der Waals surface area contributed by atoms with Gasteiger partial charge < -0.3 is 10.2 Å². The molecule has 1 saturated heterocycles. The Morgan fingerprint density at radius 1 is 1.12 bits per heavy atom. The van der Waals surface area contributed by atoms with Crippen molar-refractivity contribution in [3.63, 3.8) is 0 Å². The minimum Gasteiger partial charge on any atom is -0.350 e. The van der Waals surface area contributed by atoms with Crippen LogP contribution in [0.15, 0.2) is 0 Å². The number of nitrogens with zero attached hydrogens (tertiary/aromatic N) is 1. The predicted octanol–water partition coefficient (Wildman–Crippen LogP) is 2.48. The topological polar surface area (TPSA) is 49.4 Å². The highest BCUT2D eigenvalue weighted by Crippen LogP contribution is 2.55. The van der Waals surface area contributed by atoms with Gasteiger partial charge in [0.1, 0.15) is 6.54 Å². The van der Waals surface area contributed by atoms with E-state index >= 15 is 0 Å². The molecule has 1 aliphatic heterocycles. The van der Waals surface area contributed by atoms with Crippen LogP contribution >= 0.6 is 0 Å². The fourth-order valence-corrected chi connectivity index (χ4v) is 5.94. The minimum absolute atomic E-state index is 0.103. The molecule has 0 unspecified atom stereocenters. The van der Waals surface area contributed by atoms with Gasteiger partial charge in [-0.2, -0.15) is 13.2 Å². The Morgan fingerprint density at radius 3 is 2.17 bits per heavy atom. The summed E-state index contributed by atoms with van der Waals surface area (Å²) in [6.07, 6.45) is 2.26. The van der Waals surface area contributed by atoms with E-state index in [4.69, 9.17) is 0 Å². The van der Waals surface area contributed by atoms with Crippen molar-refractivity contribution >= 4 is 11.8 Å². The van der Waals surface area contributed by atoms with Crippen LogP contribution in [0.5, 0.6) is 0 Å². The minimum atomic E-state index is -4.42. The van der Waals surface area contributed by atoms with E-state index in [0.29, 0.717) is 17.8 Å². The molecule has 0 aromatic heterocycles. The summed E-state index contributed by atoms with van der Waals surface area (Å²) in [5.74, 6) is 0.608. The fourth-order valence-electron chi connectivity index (χ4n) is 5.94. The van der Waals surface area contributed by atoms with Gasteiger partial charge in [0.2, 0.25) is 11.8 Å². The number of hydrogen-bond acceptors (Lipinski definition) is 2. The molecule has 5 rings (SSSR count). The van der Waals surface area contributed by atoms with E-state index < -0.39 is 24.5 Å². The second-order valence-corrected chi connectivity index (χ2v) is 8.48. The Balaban J connectivity index is 1.39. The summed E-state index contributed by atoms with van der Waals surface area (Å²) in [5.41, 5.74) is -0.160. The normalized spacial score (nSPS) is 41.1. The van der Waals surface area contributed by atoms with Crippen LogP contribution in [-0.4, -0.2) is 41.5 Å². The molecule has 4 bridgehead atoms. The summed E-state index contributed by atoms with van der Waals surface area (Å²) in [6.45, 7) is -1.37. The highest BCUT2D eigenvalue weighted by molar-refractivity contribution is 5.89. The second-order valence-electron chi connectivity index (χ2n) is 8.48. The lowest BCUT2D eigenvalue weighted by Gasteiger charge is -2.57. The lowest BCUT2D eigenvalue weighted by atomic mass is 9.53. The summed E-state index contributed by atoms with van der Waals surface area (Å²) in [7, 11) is 0.